The molecule has 0 aromatic carbocycles. The van der Waals surface area contributed by atoms with Crippen LogP contribution in [-0.2, 0) is 9.59 Å². The molecule has 142 valence electrons. The van der Waals surface area contributed by atoms with Crippen molar-refractivity contribution in [2.45, 2.75) is 58.8 Å². The van der Waals surface area contributed by atoms with Gasteiger partial charge in [-0.1, -0.05) is 25.5 Å². The van der Waals surface area contributed by atoms with Gasteiger partial charge in [0, 0.05) is 12.0 Å². The number of aliphatic hydroxyl groups is 1. The summed E-state index contributed by atoms with van der Waals surface area (Å²) < 4.78 is 0. The number of aliphatic carboxylic acids is 1. The van der Waals surface area contributed by atoms with E-state index in [1.165, 1.54) is 5.57 Å². The van der Waals surface area contributed by atoms with E-state index in [4.69, 9.17) is 0 Å². The van der Waals surface area contributed by atoms with Gasteiger partial charge in [0.25, 0.3) is 0 Å². The molecular weight excluding hydrogens is 328 g/mol. The topological polar surface area (TPSA) is 74.6 Å². The predicted octanol–water partition coefficient (Wildman–Crippen LogP) is 3.75. The summed E-state index contributed by atoms with van der Waals surface area (Å²) in [5.74, 6) is 0.775. The minimum absolute atomic E-state index is 0.0520. The van der Waals surface area contributed by atoms with Crippen LogP contribution in [0.4, 0.5) is 0 Å². The number of hydrogen-bond donors (Lipinski definition) is 2. The second-order valence-electron chi connectivity index (χ2n) is 9.46. The van der Waals surface area contributed by atoms with Gasteiger partial charge in [-0.15, -0.1) is 0 Å². The summed E-state index contributed by atoms with van der Waals surface area (Å²) in [7, 11) is 0. The zero-order chi connectivity index (χ0) is 18.7. The summed E-state index contributed by atoms with van der Waals surface area (Å²) in [6, 6.07) is 0. The fourth-order valence-corrected chi connectivity index (χ4v) is 7.39. The third-order valence-corrected chi connectivity index (χ3v) is 8.87. The van der Waals surface area contributed by atoms with E-state index in [1.807, 2.05) is 6.08 Å². The van der Waals surface area contributed by atoms with Crippen LogP contribution >= 0.6 is 0 Å². The number of aliphatic hydroxyl groups excluding tert-OH is 1. The minimum Gasteiger partial charge on any atom is -0.481 e. The largest absolute Gasteiger partial charge is 0.481 e. The van der Waals surface area contributed by atoms with Crippen LogP contribution in [0.1, 0.15) is 58.8 Å². The molecule has 0 spiro atoms. The number of hydrogen-bond acceptors (Lipinski definition) is 3. The van der Waals surface area contributed by atoms with E-state index in [0.717, 1.165) is 32.1 Å². The van der Waals surface area contributed by atoms with E-state index in [9.17, 15) is 19.8 Å². The quantitative estimate of drug-likeness (QED) is 0.806. The molecule has 3 fully saturated rings. The molecular formula is C22H30O4. The van der Waals surface area contributed by atoms with Gasteiger partial charge < -0.3 is 10.2 Å². The van der Waals surface area contributed by atoms with Crippen molar-refractivity contribution in [1.82, 2.24) is 0 Å². The molecule has 0 aromatic heterocycles. The Morgan fingerprint density at radius 1 is 1.19 bits per heavy atom. The summed E-state index contributed by atoms with van der Waals surface area (Å²) in [5, 5.41) is 19.7. The molecule has 0 saturated heterocycles. The molecule has 4 rings (SSSR count). The highest BCUT2D eigenvalue weighted by Gasteiger charge is 2.66. The first-order valence-corrected chi connectivity index (χ1v) is 10.1. The maximum Gasteiger partial charge on any atom is 0.310 e. The first kappa shape index (κ1) is 18.0. The number of ketones is 1. The normalized spacial score (nSPS) is 47.0. The van der Waals surface area contributed by atoms with Gasteiger partial charge in [-0.05, 0) is 80.3 Å². The molecule has 4 aliphatic rings. The highest BCUT2D eigenvalue weighted by molar-refractivity contribution is 6.01. The number of allylic oxidation sites excluding steroid dienone is 4. The van der Waals surface area contributed by atoms with Crippen LogP contribution in [0.25, 0.3) is 0 Å². The molecule has 2 N–H and O–H groups in total. The third-order valence-electron chi connectivity index (χ3n) is 8.87. The summed E-state index contributed by atoms with van der Waals surface area (Å²) >= 11 is 0. The van der Waals surface area contributed by atoms with Crippen LogP contribution in [0.5, 0.6) is 0 Å². The van der Waals surface area contributed by atoms with E-state index in [0.29, 0.717) is 30.6 Å². The van der Waals surface area contributed by atoms with Gasteiger partial charge in [-0.2, -0.15) is 0 Å². The molecule has 4 aliphatic carbocycles. The van der Waals surface area contributed by atoms with Crippen molar-refractivity contribution in [3.63, 3.8) is 0 Å². The van der Waals surface area contributed by atoms with Crippen molar-refractivity contribution in [3.05, 3.63) is 23.8 Å². The molecule has 26 heavy (non-hydrogen) atoms. The Labute approximate surface area is 155 Å². The predicted molar refractivity (Wildman–Crippen MR) is 98.4 cm³/mol. The van der Waals surface area contributed by atoms with E-state index >= 15 is 0 Å². The van der Waals surface area contributed by atoms with Gasteiger partial charge in [0.1, 0.15) is 0 Å². The van der Waals surface area contributed by atoms with E-state index in [2.05, 4.69) is 19.9 Å². The maximum absolute atomic E-state index is 12.3. The Hall–Kier alpha value is -1.42. The molecule has 0 heterocycles. The van der Waals surface area contributed by atoms with Crippen molar-refractivity contribution in [2.24, 2.45) is 34.0 Å². The monoisotopic (exact) mass is 358 g/mol. The fraction of sp³-hybridized carbons (Fsp3) is 0.727. The van der Waals surface area contributed by atoms with Crippen LogP contribution in [0.2, 0.25) is 0 Å². The van der Waals surface area contributed by atoms with Crippen molar-refractivity contribution in [1.29, 1.82) is 0 Å². The van der Waals surface area contributed by atoms with E-state index in [1.54, 1.807) is 6.08 Å². The third kappa shape index (κ3) is 2.11. The summed E-state index contributed by atoms with van der Waals surface area (Å²) in [6.07, 6.45) is 11.6. The Balaban J connectivity index is 1.70. The van der Waals surface area contributed by atoms with Crippen LogP contribution in [0, 0.1) is 34.0 Å². The van der Waals surface area contributed by atoms with E-state index < -0.39 is 11.4 Å². The second-order valence-corrected chi connectivity index (χ2v) is 9.46. The molecule has 4 nitrogen and oxygen atoms in total. The van der Waals surface area contributed by atoms with Gasteiger partial charge in [0.2, 0.25) is 0 Å². The van der Waals surface area contributed by atoms with Crippen molar-refractivity contribution < 1.29 is 19.8 Å². The number of fused-ring (bicyclic) bond motifs is 5. The highest BCUT2D eigenvalue weighted by Crippen LogP contribution is 2.70. The number of carbonyl (C=O) groups excluding carboxylic acids is 1. The molecule has 0 amide bonds. The molecule has 0 unspecified atom stereocenters. The van der Waals surface area contributed by atoms with Crippen molar-refractivity contribution >= 4 is 11.8 Å². The summed E-state index contributed by atoms with van der Waals surface area (Å²) in [6.45, 7) is 4.39. The average molecular weight is 358 g/mol. The second kappa shape index (κ2) is 5.79. The molecule has 6 atom stereocenters. The van der Waals surface area contributed by atoms with Crippen molar-refractivity contribution in [2.75, 3.05) is 6.61 Å². The SMILES string of the molecule is C[C@]12C=CC(=O)C=C1CC[C@@H]1[C@@H]2CC[C@@]2(C)[C@H]1CC[C@@]2(CCO)C(=O)O. The van der Waals surface area contributed by atoms with Gasteiger partial charge >= 0.3 is 5.97 Å². The van der Waals surface area contributed by atoms with Crippen LogP contribution in [0.15, 0.2) is 23.8 Å². The molecule has 0 radical (unpaired) electrons. The zero-order valence-corrected chi connectivity index (χ0v) is 15.8. The lowest BCUT2D eigenvalue weighted by Gasteiger charge is -2.58. The molecule has 0 bridgehead atoms. The number of carboxylic acid groups (broad SMARTS) is 1. The number of carboxylic acids is 1. The minimum atomic E-state index is -0.785. The van der Waals surface area contributed by atoms with Crippen LogP contribution in [0.3, 0.4) is 0 Å². The van der Waals surface area contributed by atoms with Gasteiger partial charge in [-0.25, -0.2) is 0 Å². The average Bonchev–Trinajstić information content (AvgIpc) is 2.90. The Morgan fingerprint density at radius 2 is 1.92 bits per heavy atom. The Kier molecular flexibility index (Phi) is 4.00. The van der Waals surface area contributed by atoms with Crippen LogP contribution < -0.4 is 0 Å². The lowest BCUT2D eigenvalue weighted by molar-refractivity contribution is -0.164. The lowest BCUT2D eigenvalue weighted by Crippen LogP contribution is -2.54. The van der Waals surface area contributed by atoms with Crippen molar-refractivity contribution in [3.8, 4) is 0 Å². The lowest BCUT2D eigenvalue weighted by atomic mass is 9.45. The van der Waals surface area contributed by atoms with Crippen LogP contribution in [-0.4, -0.2) is 28.6 Å². The standard InChI is InChI=1S/C22H30O4/c1-20-8-5-15(24)13-14(20)3-4-16-17(20)6-9-21(2)18(16)7-10-22(21,11-12-23)19(25)26/h5,8,13,16-18,23H,3-4,6-7,9-12H2,1-2H3,(H,25,26)/t16-,17+,18+,20+,21+,22-/m1/s1. The highest BCUT2D eigenvalue weighted by atomic mass is 16.4. The first-order valence-electron chi connectivity index (χ1n) is 10.1. The Bertz CT molecular complexity index is 707. The summed E-state index contributed by atoms with van der Waals surface area (Å²) in [5.41, 5.74) is 0.193. The van der Waals surface area contributed by atoms with Gasteiger partial charge in [-0.3, -0.25) is 9.59 Å². The maximum atomic E-state index is 12.3. The first-order chi connectivity index (χ1) is 12.3. The molecule has 0 aliphatic heterocycles. The molecule has 4 heteroatoms. The smallest absolute Gasteiger partial charge is 0.310 e. The number of carbonyl (C=O) groups is 2. The van der Waals surface area contributed by atoms with Gasteiger partial charge in [0.05, 0.1) is 5.41 Å². The Morgan fingerprint density at radius 3 is 2.62 bits per heavy atom. The summed E-state index contributed by atoms with van der Waals surface area (Å²) in [4.78, 5) is 24.1. The van der Waals surface area contributed by atoms with E-state index in [-0.39, 0.29) is 23.2 Å². The molecule has 3 saturated carbocycles. The van der Waals surface area contributed by atoms with Gasteiger partial charge in [0.15, 0.2) is 5.78 Å². The number of rotatable bonds is 3. The fourth-order valence-electron chi connectivity index (χ4n) is 7.39. The zero-order valence-electron chi connectivity index (χ0n) is 15.8. The molecule has 0 aromatic rings.